The number of thiol groups is 1. The minimum absolute atomic E-state index is 0.364. The van der Waals surface area contributed by atoms with Crippen molar-refractivity contribution in [1.29, 1.82) is 0 Å². The van der Waals surface area contributed by atoms with Crippen molar-refractivity contribution in [3.05, 3.63) is 0 Å². The van der Waals surface area contributed by atoms with Crippen LogP contribution in [-0.2, 0) is 4.79 Å². The van der Waals surface area contributed by atoms with E-state index in [1.807, 2.05) is 0 Å². The third-order valence-electron chi connectivity index (χ3n) is 2.39. The number of hydrogen-bond donors (Lipinski definition) is 1. The number of carbonyl (C=O) groups is 1. The normalized spacial score (nSPS) is 11.7. The van der Waals surface area contributed by atoms with Crippen molar-refractivity contribution in [2.24, 2.45) is 11.8 Å². The monoisotopic (exact) mass is 382 g/mol. The summed E-state index contributed by atoms with van der Waals surface area (Å²) in [6.07, 6.45) is 5.24. The molecule has 0 N–H and O–H groups in total. The van der Waals surface area contributed by atoms with Crippen LogP contribution in [0.2, 0.25) is 14.8 Å². The molecule has 0 rings (SSSR count). The summed E-state index contributed by atoms with van der Waals surface area (Å²) in [5, 5.41) is 10.5. The van der Waals surface area contributed by atoms with Crippen LogP contribution in [0.3, 0.4) is 0 Å². The zero-order valence-corrected chi connectivity index (χ0v) is 16.4. The molecule has 0 fully saturated rings. The molecule has 2 nitrogen and oxygen atoms in total. The van der Waals surface area contributed by atoms with E-state index < -0.39 is 25.7 Å². The Balaban J connectivity index is 0. The Labute approximate surface area is 126 Å². The minimum atomic E-state index is -0.955. The predicted octanol–water partition coefficient (Wildman–Crippen LogP) is 3.26. The van der Waals surface area contributed by atoms with Gasteiger partial charge in [0.05, 0.1) is 0 Å². The maximum absolute atomic E-state index is 10.5. The van der Waals surface area contributed by atoms with Crippen molar-refractivity contribution in [1.82, 2.24) is 0 Å². The number of unbranched alkanes of at least 4 members (excludes halogenated alkanes) is 2. The van der Waals surface area contributed by atoms with Gasteiger partial charge in [-0.05, 0) is 18.1 Å². The van der Waals surface area contributed by atoms with Gasteiger partial charge >= 0.3 is 34.6 Å². The Morgan fingerprint density at radius 2 is 1.56 bits per heavy atom. The van der Waals surface area contributed by atoms with Gasteiger partial charge in [0.25, 0.3) is 0 Å². The molecule has 4 heteroatoms. The number of rotatable bonds is 8. The molecule has 0 radical (unpaired) electrons. The fourth-order valence-corrected chi connectivity index (χ4v) is 1.74. The molecule has 1 unspecified atom stereocenters. The summed E-state index contributed by atoms with van der Waals surface area (Å²) in [5.41, 5.74) is 0. The number of hydrogen-bond acceptors (Lipinski definition) is 3. The fraction of sp³-hybridized carbons (Fsp3) is 0.929. The van der Waals surface area contributed by atoms with E-state index in [0.717, 1.165) is 18.8 Å². The first-order chi connectivity index (χ1) is 8.31. The van der Waals surface area contributed by atoms with Crippen molar-refractivity contribution in [2.45, 2.75) is 60.8 Å². The standard InChI is InChI=1S/C11H22O2S.3CH3.Sn/c1-9(2)6-4-3-5-7-10(8-14)11(12)13;;;;/h9-10,14H,3-8H2,1-2H3,(H,12,13);3*1H3;/q;;;;+1/p-1. The summed E-state index contributed by atoms with van der Waals surface area (Å²) in [4.78, 5) is 17.6. The van der Waals surface area contributed by atoms with Gasteiger partial charge in [-0.3, -0.25) is 0 Å². The van der Waals surface area contributed by atoms with Crippen molar-refractivity contribution < 1.29 is 9.90 Å². The maximum atomic E-state index is 10.5. The van der Waals surface area contributed by atoms with Gasteiger partial charge in [-0.15, -0.1) is 0 Å². The second-order valence-electron chi connectivity index (χ2n) is 5.73. The Morgan fingerprint density at radius 3 is 1.89 bits per heavy atom. The van der Waals surface area contributed by atoms with Gasteiger partial charge in [-0.1, -0.05) is 39.5 Å². The summed E-state index contributed by atoms with van der Waals surface area (Å²) in [5.74, 6) is -0.176. The summed E-state index contributed by atoms with van der Waals surface area (Å²) >= 11 is 3.45. The Morgan fingerprint density at radius 1 is 1.11 bits per heavy atom. The van der Waals surface area contributed by atoms with E-state index in [1.165, 1.54) is 12.8 Å². The van der Waals surface area contributed by atoms with Crippen LogP contribution < -0.4 is 5.11 Å². The first-order valence-electron chi connectivity index (χ1n) is 6.89. The summed E-state index contributed by atoms with van der Waals surface area (Å²) < 4.78 is 0. The van der Waals surface area contributed by atoms with Crippen LogP contribution in [-0.4, -0.2) is 31.5 Å². The zero-order valence-electron chi connectivity index (χ0n) is 12.7. The number of aliphatic carboxylic acids is 1. The van der Waals surface area contributed by atoms with E-state index in [9.17, 15) is 9.90 Å². The molecule has 0 heterocycles. The summed E-state index contributed by atoms with van der Waals surface area (Å²) in [6, 6.07) is 0. The third kappa shape index (κ3) is 19.0. The number of carboxylic acid groups (broad SMARTS) is 1. The average Bonchev–Trinajstić information content (AvgIpc) is 2.21. The molecule has 0 amide bonds. The van der Waals surface area contributed by atoms with Gasteiger partial charge in [0.15, 0.2) is 0 Å². The molecule has 0 bridgehead atoms. The molecule has 108 valence electrons. The second-order valence-corrected chi connectivity index (χ2v) is 14.7. The van der Waals surface area contributed by atoms with Gasteiger partial charge in [0.1, 0.15) is 0 Å². The first kappa shape index (κ1) is 20.9. The van der Waals surface area contributed by atoms with E-state index in [-0.39, 0.29) is 5.92 Å². The average molecular weight is 381 g/mol. The zero-order chi connectivity index (χ0) is 14.6. The molecule has 0 aromatic carbocycles. The van der Waals surface area contributed by atoms with Crippen LogP contribution in [0, 0.1) is 11.8 Å². The third-order valence-corrected chi connectivity index (χ3v) is 2.83. The fourth-order valence-electron chi connectivity index (χ4n) is 1.40. The molecule has 0 spiro atoms. The van der Waals surface area contributed by atoms with Crippen LogP contribution in [0.15, 0.2) is 0 Å². The van der Waals surface area contributed by atoms with Crippen LogP contribution in [0.4, 0.5) is 0 Å². The molecular formula is C14H30O2SSn. The molecule has 0 aliphatic rings. The van der Waals surface area contributed by atoms with Gasteiger partial charge in [0.2, 0.25) is 0 Å². The Bertz CT molecular complexity index is 193. The molecular weight excluding hydrogens is 351 g/mol. The topological polar surface area (TPSA) is 40.1 Å². The molecule has 0 aromatic rings. The van der Waals surface area contributed by atoms with Crippen molar-refractivity contribution in [3.63, 3.8) is 0 Å². The molecule has 1 atom stereocenters. The summed E-state index contributed by atoms with van der Waals surface area (Å²) in [6.45, 7) is 4.41. The van der Waals surface area contributed by atoms with Gasteiger partial charge < -0.3 is 9.90 Å². The molecule has 0 aromatic heterocycles. The molecule has 0 aliphatic heterocycles. The van der Waals surface area contributed by atoms with Crippen molar-refractivity contribution in [2.75, 3.05) is 5.75 Å². The first-order valence-corrected chi connectivity index (χ1v) is 16.1. The van der Waals surface area contributed by atoms with Crippen molar-refractivity contribution in [3.8, 4) is 0 Å². The number of carbonyl (C=O) groups excluding carboxylic acids is 1. The molecule has 0 saturated carbocycles. The van der Waals surface area contributed by atoms with Crippen LogP contribution in [0.25, 0.3) is 0 Å². The van der Waals surface area contributed by atoms with Crippen LogP contribution in [0.5, 0.6) is 0 Å². The molecule has 0 aliphatic carbocycles. The Kier molecular flexibility index (Phi) is 16.3. The van der Waals surface area contributed by atoms with Gasteiger partial charge in [0, 0.05) is 11.9 Å². The van der Waals surface area contributed by atoms with Gasteiger partial charge in [-0.2, -0.15) is 12.6 Å². The van der Waals surface area contributed by atoms with E-state index in [4.69, 9.17) is 0 Å². The van der Waals surface area contributed by atoms with E-state index in [2.05, 4.69) is 41.3 Å². The summed E-state index contributed by atoms with van der Waals surface area (Å²) in [7, 11) is 0. The van der Waals surface area contributed by atoms with Gasteiger partial charge in [-0.25, -0.2) is 0 Å². The number of carboxylic acids is 1. The van der Waals surface area contributed by atoms with E-state index in [1.54, 1.807) is 0 Å². The molecule has 0 saturated heterocycles. The Hall–Kier alpha value is 0.619. The van der Waals surface area contributed by atoms with E-state index in [0.29, 0.717) is 12.2 Å². The second kappa shape index (κ2) is 14.0. The van der Waals surface area contributed by atoms with E-state index >= 15 is 0 Å². The predicted molar refractivity (Wildman–Crippen MR) is 83.6 cm³/mol. The van der Waals surface area contributed by atoms with Crippen LogP contribution >= 0.6 is 12.6 Å². The SMILES string of the molecule is CC(C)CCCCCC(CS)C(=O)[O-].[CH3][Sn+]([CH3])[CH3]. The quantitative estimate of drug-likeness (QED) is 0.398. The molecule has 18 heavy (non-hydrogen) atoms. The van der Waals surface area contributed by atoms with Crippen molar-refractivity contribution >= 4 is 38.4 Å². The van der Waals surface area contributed by atoms with Crippen LogP contribution in [0.1, 0.15) is 46.0 Å².